The summed E-state index contributed by atoms with van der Waals surface area (Å²) < 4.78 is 0. The van der Waals surface area contributed by atoms with Crippen molar-refractivity contribution in [2.24, 2.45) is 5.41 Å². The average molecular weight is 272 g/mol. The second-order valence-corrected chi connectivity index (χ2v) is 5.85. The maximum atomic E-state index is 6.15. The van der Waals surface area contributed by atoms with Gasteiger partial charge in [-0.05, 0) is 36.3 Å². The highest BCUT2D eigenvalue weighted by Crippen LogP contribution is 2.48. The molecular formula is C14H19Cl2N. The maximum Gasteiger partial charge on any atom is 0.0637 e. The molecule has 2 rings (SSSR count). The molecule has 0 aliphatic heterocycles. The Balaban J connectivity index is 1.84. The Morgan fingerprint density at radius 1 is 1.29 bits per heavy atom. The lowest BCUT2D eigenvalue weighted by molar-refractivity contribution is 0.421. The zero-order valence-corrected chi connectivity index (χ0v) is 11.7. The molecule has 17 heavy (non-hydrogen) atoms. The Morgan fingerprint density at radius 3 is 2.71 bits per heavy atom. The molecule has 1 nitrogen and oxygen atoms in total. The van der Waals surface area contributed by atoms with Gasteiger partial charge in [0.1, 0.15) is 0 Å². The summed E-state index contributed by atoms with van der Waals surface area (Å²) in [5.74, 6) is 0. The van der Waals surface area contributed by atoms with Crippen LogP contribution >= 0.6 is 23.2 Å². The number of benzene rings is 1. The molecule has 0 radical (unpaired) electrons. The Labute approximate surface area is 114 Å². The lowest BCUT2D eigenvalue weighted by Gasteiger charge is -2.15. The predicted octanol–water partition coefficient (Wildman–Crippen LogP) is 4.66. The van der Waals surface area contributed by atoms with Gasteiger partial charge in [-0.25, -0.2) is 0 Å². The van der Waals surface area contributed by atoms with Gasteiger partial charge in [-0.2, -0.15) is 0 Å². The fourth-order valence-corrected chi connectivity index (χ4v) is 2.76. The zero-order valence-electron chi connectivity index (χ0n) is 10.2. The molecule has 0 spiro atoms. The van der Waals surface area contributed by atoms with Gasteiger partial charge in [0.05, 0.1) is 10.0 Å². The molecule has 1 aromatic carbocycles. The molecule has 1 aliphatic carbocycles. The predicted molar refractivity (Wildman–Crippen MR) is 74.7 cm³/mol. The second-order valence-electron chi connectivity index (χ2n) is 5.07. The number of hydrogen-bond acceptors (Lipinski definition) is 1. The SMILES string of the molecule is CCCC1(CNCc2cccc(Cl)c2Cl)CC1. The topological polar surface area (TPSA) is 12.0 Å². The number of rotatable bonds is 6. The lowest BCUT2D eigenvalue weighted by Crippen LogP contribution is -2.23. The van der Waals surface area contributed by atoms with E-state index in [1.165, 1.54) is 25.7 Å². The molecule has 0 saturated heterocycles. The fraction of sp³-hybridized carbons (Fsp3) is 0.571. The molecule has 1 fully saturated rings. The summed E-state index contributed by atoms with van der Waals surface area (Å²) in [4.78, 5) is 0. The van der Waals surface area contributed by atoms with Crippen LogP contribution in [0.5, 0.6) is 0 Å². The third-order valence-electron chi connectivity index (χ3n) is 3.58. The first-order valence-corrected chi connectivity index (χ1v) is 7.06. The maximum absolute atomic E-state index is 6.15. The van der Waals surface area contributed by atoms with E-state index < -0.39 is 0 Å². The fourth-order valence-electron chi connectivity index (χ4n) is 2.37. The van der Waals surface area contributed by atoms with Crippen LogP contribution in [0.2, 0.25) is 10.0 Å². The van der Waals surface area contributed by atoms with Gasteiger partial charge >= 0.3 is 0 Å². The van der Waals surface area contributed by atoms with E-state index in [4.69, 9.17) is 23.2 Å². The van der Waals surface area contributed by atoms with Gasteiger partial charge in [-0.1, -0.05) is 48.7 Å². The van der Waals surface area contributed by atoms with E-state index in [9.17, 15) is 0 Å². The van der Waals surface area contributed by atoms with E-state index in [1.54, 1.807) is 0 Å². The van der Waals surface area contributed by atoms with E-state index in [2.05, 4.69) is 12.2 Å². The number of hydrogen-bond donors (Lipinski definition) is 1. The lowest BCUT2D eigenvalue weighted by atomic mass is 10.0. The highest BCUT2D eigenvalue weighted by atomic mass is 35.5. The molecule has 0 aromatic heterocycles. The summed E-state index contributed by atoms with van der Waals surface area (Å²) in [6.07, 6.45) is 5.36. The molecule has 0 amide bonds. The van der Waals surface area contributed by atoms with Crippen LogP contribution in [0.3, 0.4) is 0 Å². The van der Waals surface area contributed by atoms with Crippen molar-refractivity contribution in [2.45, 2.75) is 39.2 Å². The van der Waals surface area contributed by atoms with Gasteiger partial charge in [-0.3, -0.25) is 0 Å². The Morgan fingerprint density at radius 2 is 2.06 bits per heavy atom. The number of halogens is 2. The van der Waals surface area contributed by atoms with Crippen LogP contribution in [-0.4, -0.2) is 6.54 Å². The van der Waals surface area contributed by atoms with E-state index in [0.717, 1.165) is 18.7 Å². The summed E-state index contributed by atoms with van der Waals surface area (Å²) in [5, 5.41) is 4.84. The van der Waals surface area contributed by atoms with Crippen LogP contribution in [0.25, 0.3) is 0 Å². The standard InChI is InChI=1S/C14H19Cl2N/c1-2-6-14(7-8-14)10-17-9-11-4-3-5-12(15)13(11)16/h3-5,17H,2,6-10H2,1H3. The van der Waals surface area contributed by atoms with Crippen LogP contribution in [0.15, 0.2) is 18.2 Å². The molecule has 0 unspecified atom stereocenters. The van der Waals surface area contributed by atoms with E-state index in [-0.39, 0.29) is 0 Å². The van der Waals surface area contributed by atoms with Gasteiger partial charge in [-0.15, -0.1) is 0 Å². The van der Waals surface area contributed by atoms with Crippen LogP contribution in [0.1, 0.15) is 38.2 Å². The van der Waals surface area contributed by atoms with E-state index >= 15 is 0 Å². The molecule has 3 heteroatoms. The van der Waals surface area contributed by atoms with E-state index in [1.807, 2.05) is 18.2 Å². The van der Waals surface area contributed by atoms with Crippen LogP contribution in [0.4, 0.5) is 0 Å². The number of nitrogens with one attached hydrogen (secondary N) is 1. The van der Waals surface area contributed by atoms with Crippen LogP contribution in [0, 0.1) is 5.41 Å². The molecule has 0 bridgehead atoms. The molecule has 1 aromatic rings. The van der Waals surface area contributed by atoms with Gasteiger partial charge in [0.2, 0.25) is 0 Å². The summed E-state index contributed by atoms with van der Waals surface area (Å²) in [6, 6.07) is 5.80. The third-order valence-corrected chi connectivity index (χ3v) is 4.44. The van der Waals surface area contributed by atoms with Crippen molar-refractivity contribution in [3.05, 3.63) is 33.8 Å². The molecule has 1 N–H and O–H groups in total. The summed E-state index contributed by atoms with van der Waals surface area (Å²) >= 11 is 12.1. The van der Waals surface area contributed by atoms with E-state index in [0.29, 0.717) is 15.5 Å². The quantitative estimate of drug-likeness (QED) is 0.794. The molecule has 94 valence electrons. The Kier molecular flexibility index (Phi) is 4.35. The van der Waals surface area contributed by atoms with Gasteiger partial charge in [0.25, 0.3) is 0 Å². The average Bonchev–Trinajstić information content (AvgIpc) is 3.05. The minimum atomic E-state index is 0.583. The minimum Gasteiger partial charge on any atom is -0.312 e. The van der Waals surface area contributed by atoms with Crippen molar-refractivity contribution in [1.82, 2.24) is 5.32 Å². The highest BCUT2D eigenvalue weighted by molar-refractivity contribution is 6.42. The van der Waals surface area contributed by atoms with Gasteiger partial charge in [0, 0.05) is 13.1 Å². The molecule has 0 heterocycles. The van der Waals surface area contributed by atoms with Crippen LogP contribution < -0.4 is 5.32 Å². The first-order chi connectivity index (χ1) is 8.17. The normalized spacial score (nSPS) is 17.1. The molecule has 0 atom stereocenters. The van der Waals surface area contributed by atoms with Crippen LogP contribution in [-0.2, 0) is 6.54 Å². The summed E-state index contributed by atoms with van der Waals surface area (Å²) in [7, 11) is 0. The smallest absolute Gasteiger partial charge is 0.0637 e. The molecule has 1 aliphatic rings. The van der Waals surface area contributed by atoms with Gasteiger partial charge in [0.15, 0.2) is 0 Å². The van der Waals surface area contributed by atoms with Crippen molar-refractivity contribution in [1.29, 1.82) is 0 Å². The Hall–Kier alpha value is -0.240. The highest BCUT2D eigenvalue weighted by Gasteiger charge is 2.40. The largest absolute Gasteiger partial charge is 0.312 e. The van der Waals surface area contributed by atoms with Crippen molar-refractivity contribution < 1.29 is 0 Å². The van der Waals surface area contributed by atoms with Crippen molar-refractivity contribution >= 4 is 23.2 Å². The van der Waals surface area contributed by atoms with Crippen molar-refractivity contribution in [3.63, 3.8) is 0 Å². The van der Waals surface area contributed by atoms with Crippen molar-refractivity contribution in [2.75, 3.05) is 6.54 Å². The van der Waals surface area contributed by atoms with Gasteiger partial charge < -0.3 is 5.32 Å². The summed E-state index contributed by atoms with van der Waals surface area (Å²) in [6.45, 7) is 4.17. The molecular weight excluding hydrogens is 253 g/mol. The first kappa shape index (κ1) is 13.2. The zero-order chi connectivity index (χ0) is 12.3. The minimum absolute atomic E-state index is 0.583. The first-order valence-electron chi connectivity index (χ1n) is 6.30. The molecule has 1 saturated carbocycles. The third kappa shape index (κ3) is 3.37. The summed E-state index contributed by atoms with van der Waals surface area (Å²) in [5.41, 5.74) is 1.67. The van der Waals surface area contributed by atoms with Crippen molar-refractivity contribution in [3.8, 4) is 0 Å². The second kappa shape index (κ2) is 5.60. The Bertz CT molecular complexity index is 386. The monoisotopic (exact) mass is 271 g/mol.